The normalized spacial score (nSPS) is 14.7. The lowest BCUT2D eigenvalue weighted by atomic mass is 10.3. The number of rotatable bonds is 5. The summed E-state index contributed by atoms with van der Waals surface area (Å²) in [5.41, 5.74) is 4.66. The van der Waals surface area contributed by atoms with Crippen molar-refractivity contribution in [2.45, 2.75) is 6.18 Å². The molecule has 7 nitrogen and oxygen atoms in total. The van der Waals surface area contributed by atoms with Gasteiger partial charge in [0.25, 0.3) is 5.69 Å². The van der Waals surface area contributed by atoms with Crippen LogP contribution >= 0.6 is 7.75 Å². The van der Waals surface area contributed by atoms with E-state index in [0.717, 1.165) is 24.3 Å². The molecule has 0 radical (unpaired) electrons. The Kier molecular flexibility index (Phi) is 4.51. The van der Waals surface area contributed by atoms with Crippen LogP contribution in [0.2, 0.25) is 0 Å². The molecule has 1 unspecified atom stereocenters. The molecular weight excluding hydrogens is 292 g/mol. The summed E-state index contributed by atoms with van der Waals surface area (Å²) < 4.78 is 55.3. The lowest BCUT2D eigenvalue weighted by Crippen LogP contribution is -2.19. The van der Waals surface area contributed by atoms with Crippen LogP contribution in [0.5, 0.6) is 5.75 Å². The van der Waals surface area contributed by atoms with Gasteiger partial charge in [-0.05, 0) is 12.1 Å². The zero-order valence-electron chi connectivity index (χ0n) is 9.16. The van der Waals surface area contributed by atoms with Crippen LogP contribution in [0, 0.1) is 10.1 Å². The number of nitrogens with two attached hydrogens (primary N) is 1. The largest absolute Gasteiger partial charge is 0.456 e. The van der Waals surface area contributed by atoms with E-state index >= 15 is 0 Å². The molecule has 2 N–H and O–H groups in total. The standard InChI is InChI=1S/C8H8F3N2O5P/c9-8(10,11)5-17-19(12,16)18-7-3-1-6(2-4-7)13(14)15/h1-4H,5H2,(H2,12,16). The van der Waals surface area contributed by atoms with E-state index in [1.807, 2.05) is 0 Å². The Bertz CT molecular complexity index is 504. The first kappa shape index (κ1) is 15.4. The van der Waals surface area contributed by atoms with E-state index in [9.17, 15) is 27.9 Å². The zero-order valence-corrected chi connectivity index (χ0v) is 10.1. The summed E-state index contributed by atoms with van der Waals surface area (Å²) in [6, 6.07) is 4.10. The molecule has 0 spiro atoms. The number of nitrogens with zero attached hydrogens (tertiary/aromatic N) is 1. The molecule has 0 saturated carbocycles. The van der Waals surface area contributed by atoms with Crippen molar-refractivity contribution in [3.63, 3.8) is 0 Å². The smallest absolute Gasteiger partial charge is 0.413 e. The number of alkyl halides is 3. The second kappa shape index (κ2) is 5.55. The van der Waals surface area contributed by atoms with Crippen molar-refractivity contribution in [3.8, 4) is 5.75 Å². The van der Waals surface area contributed by atoms with E-state index in [2.05, 4.69) is 9.05 Å². The fourth-order valence-corrected chi connectivity index (χ4v) is 1.76. The fraction of sp³-hybridized carbons (Fsp3) is 0.250. The molecule has 1 atom stereocenters. The molecule has 0 aliphatic rings. The van der Waals surface area contributed by atoms with Gasteiger partial charge in [-0.15, -0.1) is 0 Å². The first-order valence-corrected chi connectivity index (χ1v) is 6.24. The second-order valence-corrected chi connectivity index (χ2v) is 4.79. The summed E-state index contributed by atoms with van der Waals surface area (Å²) in [4.78, 5) is 9.66. The summed E-state index contributed by atoms with van der Waals surface area (Å²) >= 11 is 0. The Labute approximate surface area is 104 Å². The molecule has 1 aromatic rings. The summed E-state index contributed by atoms with van der Waals surface area (Å²) in [5, 5.41) is 10.3. The summed E-state index contributed by atoms with van der Waals surface area (Å²) in [7, 11) is -4.44. The van der Waals surface area contributed by atoms with Crippen molar-refractivity contribution >= 4 is 13.4 Å². The van der Waals surface area contributed by atoms with Crippen LogP contribution in [-0.4, -0.2) is 17.7 Å². The predicted molar refractivity (Wildman–Crippen MR) is 57.5 cm³/mol. The summed E-state index contributed by atoms with van der Waals surface area (Å²) in [6.45, 7) is -1.83. The van der Waals surface area contributed by atoms with Gasteiger partial charge in [-0.25, -0.2) is 10.1 Å². The predicted octanol–water partition coefficient (Wildman–Crippen LogP) is 2.62. The molecule has 0 amide bonds. The number of benzene rings is 1. The maximum atomic E-state index is 11.8. The van der Waals surface area contributed by atoms with Crippen LogP contribution in [0.4, 0.5) is 18.9 Å². The van der Waals surface area contributed by atoms with E-state index in [-0.39, 0.29) is 11.4 Å². The highest BCUT2D eigenvalue weighted by atomic mass is 31.2. The van der Waals surface area contributed by atoms with Crippen LogP contribution in [0.25, 0.3) is 0 Å². The third-order valence-electron chi connectivity index (χ3n) is 1.69. The van der Waals surface area contributed by atoms with Crippen molar-refractivity contribution in [2.75, 3.05) is 6.61 Å². The van der Waals surface area contributed by atoms with E-state index in [0.29, 0.717) is 0 Å². The minimum atomic E-state index is -4.70. The van der Waals surface area contributed by atoms with Gasteiger partial charge in [-0.1, -0.05) is 0 Å². The van der Waals surface area contributed by atoms with Gasteiger partial charge in [0.15, 0.2) is 6.61 Å². The maximum Gasteiger partial charge on any atom is 0.456 e. The van der Waals surface area contributed by atoms with Gasteiger partial charge in [-0.3, -0.25) is 14.6 Å². The van der Waals surface area contributed by atoms with Crippen LogP contribution in [0.1, 0.15) is 0 Å². The zero-order chi connectivity index (χ0) is 14.7. The average molecular weight is 300 g/mol. The first-order valence-electron chi connectivity index (χ1n) is 4.63. The number of nitro benzene ring substituents is 1. The molecular formula is C8H8F3N2O5P. The molecule has 0 aliphatic carbocycles. The Morgan fingerprint density at radius 1 is 1.32 bits per heavy atom. The monoisotopic (exact) mass is 300 g/mol. The third-order valence-corrected chi connectivity index (χ3v) is 2.64. The van der Waals surface area contributed by atoms with Gasteiger partial charge in [0.2, 0.25) is 0 Å². The third kappa shape index (κ3) is 5.69. The molecule has 1 aromatic carbocycles. The SMILES string of the molecule is NP(=O)(OCC(F)(F)F)Oc1ccc([N+](=O)[O-])cc1. The van der Waals surface area contributed by atoms with Crippen molar-refractivity contribution in [3.05, 3.63) is 34.4 Å². The lowest BCUT2D eigenvalue weighted by Gasteiger charge is -2.15. The summed E-state index contributed by atoms with van der Waals surface area (Å²) in [6.07, 6.45) is -4.70. The summed E-state index contributed by atoms with van der Waals surface area (Å²) in [5.74, 6) is -0.210. The van der Waals surface area contributed by atoms with Crippen LogP contribution in [-0.2, 0) is 9.09 Å². The van der Waals surface area contributed by atoms with Gasteiger partial charge in [-0.2, -0.15) is 13.2 Å². The minimum Gasteiger partial charge on any atom is -0.413 e. The van der Waals surface area contributed by atoms with Crippen LogP contribution < -0.4 is 10.0 Å². The van der Waals surface area contributed by atoms with Crippen molar-refractivity contribution in [2.24, 2.45) is 5.50 Å². The topological polar surface area (TPSA) is 105 Å². The molecule has 0 saturated heterocycles. The molecule has 0 bridgehead atoms. The van der Waals surface area contributed by atoms with Crippen molar-refractivity contribution in [1.82, 2.24) is 0 Å². The molecule has 0 aromatic heterocycles. The first-order chi connectivity index (χ1) is 8.59. The van der Waals surface area contributed by atoms with Gasteiger partial charge < -0.3 is 4.52 Å². The van der Waals surface area contributed by atoms with Gasteiger partial charge >= 0.3 is 13.9 Å². The lowest BCUT2D eigenvalue weighted by molar-refractivity contribution is -0.384. The van der Waals surface area contributed by atoms with Gasteiger partial charge in [0.05, 0.1) is 4.92 Å². The molecule has 1 rings (SSSR count). The number of hydrogen-bond donors (Lipinski definition) is 1. The van der Waals surface area contributed by atoms with Crippen LogP contribution in [0.15, 0.2) is 24.3 Å². The Morgan fingerprint density at radius 3 is 2.26 bits per heavy atom. The highest BCUT2D eigenvalue weighted by Gasteiger charge is 2.33. The molecule has 0 aliphatic heterocycles. The number of hydrogen-bond acceptors (Lipinski definition) is 5. The van der Waals surface area contributed by atoms with E-state index < -0.39 is 25.5 Å². The molecule has 11 heteroatoms. The van der Waals surface area contributed by atoms with Crippen molar-refractivity contribution < 1.29 is 31.7 Å². The van der Waals surface area contributed by atoms with Gasteiger partial charge in [0, 0.05) is 12.1 Å². The van der Waals surface area contributed by atoms with Crippen LogP contribution in [0.3, 0.4) is 0 Å². The Hall–Kier alpha value is -1.64. The van der Waals surface area contributed by atoms with Crippen molar-refractivity contribution in [1.29, 1.82) is 0 Å². The molecule has 0 fully saturated rings. The Balaban J connectivity index is 2.67. The molecule has 106 valence electrons. The van der Waals surface area contributed by atoms with E-state index in [1.54, 1.807) is 0 Å². The molecule has 0 heterocycles. The minimum absolute atomic E-state index is 0.210. The molecule has 19 heavy (non-hydrogen) atoms. The number of nitro groups is 1. The van der Waals surface area contributed by atoms with E-state index in [4.69, 9.17) is 5.50 Å². The van der Waals surface area contributed by atoms with Gasteiger partial charge in [0.1, 0.15) is 5.75 Å². The highest BCUT2D eigenvalue weighted by molar-refractivity contribution is 7.51. The quantitative estimate of drug-likeness (QED) is 0.509. The maximum absolute atomic E-state index is 11.8. The fourth-order valence-electron chi connectivity index (χ4n) is 0.965. The van der Waals surface area contributed by atoms with E-state index in [1.165, 1.54) is 0 Å². The highest BCUT2D eigenvalue weighted by Crippen LogP contribution is 2.41. The number of non-ortho nitro benzene ring substituents is 1. The average Bonchev–Trinajstić information content (AvgIpc) is 2.26. The Morgan fingerprint density at radius 2 is 1.84 bits per heavy atom. The second-order valence-electron chi connectivity index (χ2n) is 3.27. The number of halogens is 3.